The number of anilines is 1. The fourth-order valence-corrected chi connectivity index (χ4v) is 1.88. The average molecular weight is 222 g/mol. The fourth-order valence-electron chi connectivity index (χ4n) is 1.88. The highest BCUT2D eigenvalue weighted by Gasteiger charge is 2.24. The lowest BCUT2D eigenvalue weighted by atomic mass is 10.1. The van der Waals surface area contributed by atoms with E-state index >= 15 is 0 Å². The standard InChI is InChI=1S/C11H18N4O/c1-8-7-15(9(2)6-13-8)11-12-5-4-10(14-11)16-3/h4-5,8-9,13H,6-7H2,1-3H3. The van der Waals surface area contributed by atoms with Crippen molar-refractivity contribution in [1.29, 1.82) is 0 Å². The number of hydrogen-bond acceptors (Lipinski definition) is 5. The van der Waals surface area contributed by atoms with E-state index in [0.29, 0.717) is 18.0 Å². The molecule has 1 aromatic rings. The second-order valence-corrected chi connectivity index (χ2v) is 4.21. The van der Waals surface area contributed by atoms with Crippen LogP contribution in [-0.4, -0.2) is 42.3 Å². The molecule has 5 nitrogen and oxygen atoms in total. The van der Waals surface area contributed by atoms with E-state index in [4.69, 9.17) is 4.74 Å². The molecule has 1 aromatic heterocycles. The average Bonchev–Trinajstić information content (AvgIpc) is 2.32. The lowest BCUT2D eigenvalue weighted by Gasteiger charge is -2.37. The molecular weight excluding hydrogens is 204 g/mol. The highest BCUT2D eigenvalue weighted by molar-refractivity contribution is 5.34. The summed E-state index contributed by atoms with van der Waals surface area (Å²) in [6, 6.07) is 2.63. The van der Waals surface area contributed by atoms with E-state index in [1.807, 2.05) is 0 Å². The number of nitrogens with zero attached hydrogens (tertiary/aromatic N) is 3. The van der Waals surface area contributed by atoms with E-state index in [-0.39, 0.29) is 0 Å². The first kappa shape index (κ1) is 11.1. The lowest BCUT2D eigenvalue weighted by Crippen LogP contribution is -2.55. The van der Waals surface area contributed by atoms with Gasteiger partial charge in [0.2, 0.25) is 11.8 Å². The molecule has 0 amide bonds. The predicted molar refractivity (Wildman–Crippen MR) is 62.9 cm³/mol. The van der Waals surface area contributed by atoms with Crippen molar-refractivity contribution >= 4 is 5.95 Å². The number of ether oxygens (including phenoxy) is 1. The van der Waals surface area contributed by atoms with Crippen molar-refractivity contribution in [2.24, 2.45) is 0 Å². The van der Waals surface area contributed by atoms with Crippen LogP contribution in [0.1, 0.15) is 13.8 Å². The third-order valence-corrected chi connectivity index (χ3v) is 2.85. The van der Waals surface area contributed by atoms with Crippen LogP contribution in [-0.2, 0) is 0 Å². The quantitative estimate of drug-likeness (QED) is 0.797. The molecule has 1 fully saturated rings. The summed E-state index contributed by atoms with van der Waals surface area (Å²) < 4.78 is 5.11. The van der Waals surface area contributed by atoms with E-state index < -0.39 is 0 Å². The zero-order valence-electron chi connectivity index (χ0n) is 9.97. The zero-order chi connectivity index (χ0) is 11.5. The molecule has 0 spiro atoms. The van der Waals surface area contributed by atoms with Gasteiger partial charge in [-0.2, -0.15) is 4.98 Å². The lowest BCUT2D eigenvalue weighted by molar-refractivity contribution is 0.390. The van der Waals surface area contributed by atoms with Gasteiger partial charge >= 0.3 is 0 Å². The van der Waals surface area contributed by atoms with E-state index in [2.05, 4.69) is 34.0 Å². The second-order valence-electron chi connectivity index (χ2n) is 4.21. The molecule has 1 N–H and O–H groups in total. The fraction of sp³-hybridized carbons (Fsp3) is 0.636. The molecule has 1 aliphatic heterocycles. The molecule has 0 aromatic carbocycles. The van der Waals surface area contributed by atoms with Crippen LogP contribution in [0, 0.1) is 0 Å². The van der Waals surface area contributed by atoms with Gasteiger partial charge in [0, 0.05) is 37.4 Å². The number of aromatic nitrogens is 2. The summed E-state index contributed by atoms with van der Waals surface area (Å²) in [6.45, 7) is 6.22. The minimum Gasteiger partial charge on any atom is -0.481 e. The molecule has 0 bridgehead atoms. The highest BCUT2D eigenvalue weighted by atomic mass is 16.5. The maximum absolute atomic E-state index is 5.11. The Morgan fingerprint density at radius 2 is 2.31 bits per heavy atom. The van der Waals surface area contributed by atoms with Gasteiger partial charge in [0.15, 0.2) is 0 Å². The Bertz CT molecular complexity index is 358. The maximum Gasteiger partial charge on any atom is 0.228 e. The maximum atomic E-state index is 5.11. The van der Waals surface area contributed by atoms with Crippen LogP contribution in [0.25, 0.3) is 0 Å². The van der Waals surface area contributed by atoms with Crippen LogP contribution >= 0.6 is 0 Å². The van der Waals surface area contributed by atoms with E-state index in [1.165, 1.54) is 0 Å². The number of piperazine rings is 1. The van der Waals surface area contributed by atoms with E-state index in [9.17, 15) is 0 Å². The van der Waals surface area contributed by atoms with Crippen LogP contribution < -0.4 is 15.0 Å². The summed E-state index contributed by atoms with van der Waals surface area (Å²) in [5.41, 5.74) is 0. The Balaban J connectivity index is 2.20. The molecule has 0 saturated carbocycles. The molecule has 2 unspecified atom stereocenters. The number of nitrogens with one attached hydrogen (secondary N) is 1. The molecule has 2 atom stereocenters. The van der Waals surface area contributed by atoms with Gasteiger partial charge in [-0.3, -0.25) is 0 Å². The Labute approximate surface area is 95.8 Å². The van der Waals surface area contributed by atoms with Crippen LogP contribution in [0.3, 0.4) is 0 Å². The van der Waals surface area contributed by atoms with E-state index in [1.54, 1.807) is 19.4 Å². The first-order valence-electron chi connectivity index (χ1n) is 5.57. The van der Waals surface area contributed by atoms with Crippen LogP contribution in [0.5, 0.6) is 5.88 Å². The normalized spacial score (nSPS) is 25.6. The van der Waals surface area contributed by atoms with Gasteiger partial charge in [0.1, 0.15) is 0 Å². The number of methoxy groups -OCH3 is 1. The molecule has 88 valence electrons. The Morgan fingerprint density at radius 3 is 3.06 bits per heavy atom. The van der Waals surface area contributed by atoms with Gasteiger partial charge in [-0.1, -0.05) is 0 Å². The summed E-state index contributed by atoms with van der Waals surface area (Å²) >= 11 is 0. The van der Waals surface area contributed by atoms with Crippen LogP contribution in [0.2, 0.25) is 0 Å². The third-order valence-electron chi connectivity index (χ3n) is 2.85. The summed E-state index contributed by atoms with van der Waals surface area (Å²) in [5.74, 6) is 1.36. The van der Waals surface area contributed by atoms with Crippen LogP contribution in [0.4, 0.5) is 5.95 Å². The van der Waals surface area contributed by atoms with Gasteiger partial charge < -0.3 is 15.0 Å². The summed E-state index contributed by atoms with van der Waals surface area (Å²) in [7, 11) is 1.62. The SMILES string of the molecule is COc1ccnc(N2CC(C)NCC2C)n1. The van der Waals surface area contributed by atoms with Crippen molar-refractivity contribution in [3.8, 4) is 5.88 Å². The van der Waals surface area contributed by atoms with Gasteiger partial charge in [0.05, 0.1) is 7.11 Å². The molecular formula is C11H18N4O. The van der Waals surface area contributed by atoms with Gasteiger partial charge in [-0.05, 0) is 13.8 Å². The summed E-state index contributed by atoms with van der Waals surface area (Å²) in [5, 5.41) is 3.43. The Hall–Kier alpha value is -1.36. The number of rotatable bonds is 2. The van der Waals surface area contributed by atoms with Crippen molar-refractivity contribution in [2.75, 3.05) is 25.1 Å². The van der Waals surface area contributed by atoms with Crippen molar-refractivity contribution in [3.63, 3.8) is 0 Å². The zero-order valence-corrected chi connectivity index (χ0v) is 9.97. The Morgan fingerprint density at radius 1 is 1.50 bits per heavy atom. The first-order valence-corrected chi connectivity index (χ1v) is 5.57. The molecule has 2 heterocycles. The molecule has 1 saturated heterocycles. The van der Waals surface area contributed by atoms with Crippen molar-refractivity contribution in [1.82, 2.24) is 15.3 Å². The van der Waals surface area contributed by atoms with E-state index in [0.717, 1.165) is 19.0 Å². The van der Waals surface area contributed by atoms with Gasteiger partial charge in [-0.25, -0.2) is 4.98 Å². The summed E-state index contributed by atoms with van der Waals surface area (Å²) in [4.78, 5) is 10.9. The summed E-state index contributed by atoms with van der Waals surface area (Å²) in [6.07, 6.45) is 1.74. The van der Waals surface area contributed by atoms with Crippen molar-refractivity contribution in [2.45, 2.75) is 25.9 Å². The van der Waals surface area contributed by atoms with Crippen molar-refractivity contribution in [3.05, 3.63) is 12.3 Å². The molecule has 0 aliphatic carbocycles. The smallest absolute Gasteiger partial charge is 0.228 e. The molecule has 16 heavy (non-hydrogen) atoms. The predicted octanol–water partition coefficient (Wildman–Crippen LogP) is 0.672. The molecule has 0 radical (unpaired) electrons. The monoisotopic (exact) mass is 222 g/mol. The minimum atomic E-state index is 0.406. The van der Waals surface area contributed by atoms with Gasteiger partial charge in [-0.15, -0.1) is 0 Å². The molecule has 2 rings (SSSR count). The topological polar surface area (TPSA) is 50.3 Å². The molecule has 5 heteroatoms. The first-order chi connectivity index (χ1) is 7.70. The number of hydrogen-bond donors (Lipinski definition) is 1. The third kappa shape index (κ3) is 2.24. The largest absolute Gasteiger partial charge is 0.481 e. The molecule has 1 aliphatic rings. The minimum absolute atomic E-state index is 0.406. The Kier molecular flexibility index (Phi) is 3.24. The van der Waals surface area contributed by atoms with Crippen molar-refractivity contribution < 1.29 is 4.74 Å². The van der Waals surface area contributed by atoms with Crippen LogP contribution in [0.15, 0.2) is 12.3 Å². The second kappa shape index (κ2) is 4.65. The highest BCUT2D eigenvalue weighted by Crippen LogP contribution is 2.17. The van der Waals surface area contributed by atoms with Gasteiger partial charge in [0.25, 0.3) is 0 Å².